The van der Waals surface area contributed by atoms with E-state index in [-0.39, 0.29) is 0 Å². The summed E-state index contributed by atoms with van der Waals surface area (Å²) in [4.78, 5) is 0. The van der Waals surface area contributed by atoms with Crippen LogP contribution in [0, 0.1) is 0 Å². The molecule has 74 valence electrons. The molecule has 13 heavy (non-hydrogen) atoms. The average molecular weight is 199 g/mol. The standard InChI is InChI=1S/C10H17NOS/c1-2-11-5-7-12-6-3-10-4-8-13-9-10/h4,8-9,11H,2-3,5-7H2,1H3. The summed E-state index contributed by atoms with van der Waals surface area (Å²) in [5.74, 6) is 0. The Morgan fingerprint density at radius 3 is 3.08 bits per heavy atom. The topological polar surface area (TPSA) is 21.3 Å². The van der Waals surface area contributed by atoms with Crippen molar-refractivity contribution in [3.8, 4) is 0 Å². The summed E-state index contributed by atoms with van der Waals surface area (Å²) in [6, 6.07) is 2.15. The van der Waals surface area contributed by atoms with Gasteiger partial charge in [0.2, 0.25) is 0 Å². The highest BCUT2D eigenvalue weighted by atomic mass is 32.1. The van der Waals surface area contributed by atoms with Crippen molar-refractivity contribution < 1.29 is 4.74 Å². The second-order valence-corrected chi connectivity index (χ2v) is 3.63. The molecule has 0 atom stereocenters. The maximum Gasteiger partial charge on any atom is 0.0591 e. The summed E-state index contributed by atoms with van der Waals surface area (Å²) in [7, 11) is 0. The molecule has 0 radical (unpaired) electrons. The first-order valence-corrected chi connectivity index (χ1v) is 5.67. The van der Waals surface area contributed by atoms with E-state index < -0.39 is 0 Å². The molecular formula is C10H17NOS. The van der Waals surface area contributed by atoms with Crippen molar-refractivity contribution in [3.05, 3.63) is 22.4 Å². The summed E-state index contributed by atoms with van der Waals surface area (Å²) in [6.45, 7) is 5.74. The van der Waals surface area contributed by atoms with E-state index in [9.17, 15) is 0 Å². The number of nitrogens with one attached hydrogen (secondary N) is 1. The van der Waals surface area contributed by atoms with Gasteiger partial charge in [-0.3, -0.25) is 0 Å². The van der Waals surface area contributed by atoms with Crippen LogP contribution in [0.5, 0.6) is 0 Å². The minimum Gasteiger partial charge on any atom is -0.380 e. The average Bonchev–Trinajstić information content (AvgIpc) is 2.63. The zero-order valence-electron chi connectivity index (χ0n) is 8.08. The molecule has 0 aliphatic carbocycles. The predicted molar refractivity (Wildman–Crippen MR) is 57.4 cm³/mol. The molecule has 0 bridgehead atoms. The van der Waals surface area contributed by atoms with Crippen LogP contribution in [0.3, 0.4) is 0 Å². The van der Waals surface area contributed by atoms with Crippen molar-refractivity contribution in [2.45, 2.75) is 13.3 Å². The summed E-state index contributed by atoms with van der Waals surface area (Å²) in [6.07, 6.45) is 1.04. The lowest BCUT2D eigenvalue weighted by molar-refractivity contribution is 0.139. The highest BCUT2D eigenvalue weighted by Gasteiger charge is 1.92. The fourth-order valence-corrected chi connectivity index (χ4v) is 1.75. The van der Waals surface area contributed by atoms with E-state index in [1.807, 2.05) is 0 Å². The Morgan fingerprint density at radius 1 is 1.46 bits per heavy atom. The molecule has 0 aromatic carbocycles. The van der Waals surface area contributed by atoms with Gasteiger partial charge in [-0.1, -0.05) is 6.92 Å². The van der Waals surface area contributed by atoms with Gasteiger partial charge in [0.05, 0.1) is 13.2 Å². The van der Waals surface area contributed by atoms with Crippen LogP contribution >= 0.6 is 11.3 Å². The van der Waals surface area contributed by atoms with E-state index in [2.05, 4.69) is 29.1 Å². The number of rotatable bonds is 7. The second kappa shape index (κ2) is 7.06. The Balaban J connectivity index is 1.90. The van der Waals surface area contributed by atoms with Crippen LogP contribution in [-0.2, 0) is 11.2 Å². The lowest BCUT2D eigenvalue weighted by Gasteiger charge is -2.03. The fraction of sp³-hybridized carbons (Fsp3) is 0.600. The van der Waals surface area contributed by atoms with Crippen molar-refractivity contribution in [1.82, 2.24) is 5.32 Å². The normalized spacial score (nSPS) is 10.5. The minimum atomic E-state index is 0.817. The van der Waals surface area contributed by atoms with Gasteiger partial charge in [0.1, 0.15) is 0 Å². The predicted octanol–water partition coefficient (Wildman–Crippen LogP) is 1.92. The number of hydrogen-bond donors (Lipinski definition) is 1. The minimum absolute atomic E-state index is 0.817. The zero-order chi connectivity index (χ0) is 9.36. The maximum atomic E-state index is 5.45. The molecule has 1 heterocycles. The molecule has 1 aromatic rings. The van der Waals surface area contributed by atoms with Crippen LogP contribution in [0.2, 0.25) is 0 Å². The Morgan fingerprint density at radius 2 is 2.38 bits per heavy atom. The van der Waals surface area contributed by atoms with Crippen LogP contribution in [0.1, 0.15) is 12.5 Å². The first-order valence-electron chi connectivity index (χ1n) is 4.73. The van der Waals surface area contributed by atoms with E-state index in [0.717, 1.165) is 32.7 Å². The molecule has 0 aliphatic rings. The summed E-state index contributed by atoms with van der Waals surface area (Å²) in [5, 5.41) is 7.50. The lowest BCUT2D eigenvalue weighted by atomic mass is 10.3. The largest absolute Gasteiger partial charge is 0.380 e. The highest BCUT2D eigenvalue weighted by molar-refractivity contribution is 7.07. The van der Waals surface area contributed by atoms with Crippen molar-refractivity contribution in [3.63, 3.8) is 0 Å². The van der Waals surface area contributed by atoms with Crippen molar-refractivity contribution in [1.29, 1.82) is 0 Å². The van der Waals surface area contributed by atoms with E-state index in [1.54, 1.807) is 11.3 Å². The number of hydrogen-bond acceptors (Lipinski definition) is 3. The Labute approximate surface area is 83.9 Å². The van der Waals surface area contributed by atoms with Crippen LogP contribution in [0.25, 0.3) is 0 Å². The molecule has 2 nitrogen and oxygen atoms in total. The smallest absolute Gasteiger partial charge is 0.0591 e. The molecular weight excluding hydrogens is 182 g/mol. The number of ether oxygens (including phenoxy) is 1. The van der Waals surface area contributed by atoms with Gasteiger partial charge in [-0.25, -0.2) is 0 Å². The van der Waals surface area contributed by atoms with E-state index in [1.165, 1.54) is 5.56 Å². The van der Waals surface area contributed by atoms with E-state index in [0.29, 0.717) is 0 Å². The Hall–Kier alpha value is -0.380. The van der Waals surface area contributed by atoms with Crippen LogP contribution in [0.15, 0.2) is 16.8 Å². The SMILES string of the molecule is CCNCCOCCc1ccsc1. The van der Waals surface area contributed by atoms with Gasteiger partial charge in [0.25, 0.3) is 0 Å². The van der Waals surface area contributed by atoms with Crippen molar-refractivity contribution in [2.24, 2.45) is 0 Å². The lowest BCUT2D eigenvalue weighted by Crippen LogP contribution is -2.19. The van der Waals surface area contributed by atoms with Crippen LogP contribution < -0.4 is 5.32 Å². The summed E-state index contributed by atoms with van der Waals surface area (Å²) in [5.41, 5.74) is 1.38. The molecule has 0 unspecified atom stereocenters. The molecule has 0 fully saturated rings. The number of likely N-dealkylation sites (N-methyl/N-ethyl adjacent to an activating group) is 1. The molecule has 1 rings (SSSR count). The van der Waals surface area contributed by atoms with Gasteiger partial charge < -0.3 is 10.1 Å². The van der Waals surface area contributed by atoms with Crippen LogP contribution in [0.4, 0.5) is 0 Å². The van der Waals surface area contributed by atoms with Crippen molar-refractivity contribution >= 4 is 11.3 Å². The quantitative estimate of drug-likeness (QED) is 0.677. The molecule has 3 heteroatoms. The number of thiophene rings is 1. The third-order valence-corrected chi connectivity index (χ3v) is 2.52. The van der Waals surface area contributed by atoms with Crippen LogP contribution in [-0.4, -0.2) is 26.3 Å². The highest BCUT2D eigenvalue weighted by Crippen LogP contribution is 2.06. The molecule has 0 aliphatic heterocycles. The Bertz CT molecular complexity index is 199. The molecule has 0 amide bonds. The zero-order valence-corrected chi connectivity index (χ0v) is 8.90. The van der Waals surface area contributed by atoms with Gasteiger partial charge in [-0.05, 0) is 35.4 Å². The second-order valence-electron chi connectivity index (χ2n) is 2.85. The summed E-state index contributed by atoms with van der Waals surface area (Å²) >= 11 is 1.74. The molecule has 0 saturated carbocycles. The van der Waals surface area contributed by atoms with Gasteiger partial charge in [-0.15, -0.1) is 0 Å². The monoisotopic (exact) mass is 199 g/mol. The van der Waals surface area contributed by atoms with Gasteiger partial charge in [-0.2, -0.15) is 11.3 Å². The molecule has 1 N–H and O–H groups in total. The fourth-order valence-electron chi connectivity index (χ4n) is 1.05. The first kappa shape index (κ1) is 10.7. The van der Waals surface area contributed by atoms with E-state index in [4.69, 9.17) is 4.74 Å². The first-order chi connectivity index (χ1) is 6.43. The summed E-state index contributed by atoms with van der Waals surface area (Å²) < 4.78 is 5.45. The molecule has 0 saturated heterocycles. The Kier molecular flexibility index (Phi) is 5.81. The third-order valence-electron chi connectivity index (χ3n) is 1.79. The molecule has 0 spiro atoms. The maximum absolute atomic E-state index is 5.45. The van der Waals surface area contributed by atoms with Gasteiger partial charge >= 0.3 is 0 Å². The third kappa shape index (κ3) is 5.03. The van der Waals surface area contributed by atoms with Gasteiger partial charge in [0.15, 0.2) is 0 Å². The van der Waals surface area contributed by atoms with Crippen molar-refractivity contribution in [2.75, 3.05) is 26.3 Å². The van der Waals surface area contributed by atoms with E-state index >= 15 is 0 Å². The molecule has 1 aromatic heterocycles. The van der Waals surface area contributed by atoms with Gasteiger partial charge in [0, 0.05) is 6.54 Å².